The van der Waals surface area contributed by atoms with Gasteiger partial charge in [-0.3, -0.25) is 0 Å². The summed E-state index contributed by atoms with van der Waals surface area (Å²) < 4.78 is 5.08. The first-order valence-corrected chi connectivity index (χ1v) is 24.0. The number of fused-ring (bicyclic) bond motifs is 11. The van der Waals surface area contributed by atoms with Gasteiger partial charge >= 0.3 is 0 Å². The molecule has 0 fully saturated rings. The van der Waals surface area contributed by atoms with Crippen LogP contribution in [0.4, 0.5) is 0 Å². The zero-order valence-corrected chi connectivity index (χ0v) is 37.8. The van der Waals surface area contributed by atoms with Gasteiger partial charge in [-0.05, 0) is 151 Å². The van der Waals surface area contributed by atoms with E-state index in [1.54, 1.807) is 0 Å². The Hall–Kier alpha value is -7.94. The molecule has 0 radical (unpaired) electrons. The molecule has 0 bridgehead atoms. The average molecular weight is 857 g/mol. The van der Waals surface area contributed by atoms with Crippen LogP contribution in [0.2, 0.25) is 0 Å². The molecule has 0 saturated heterocycles. The monoisotopic (exact) mass is 856 g/mol. The molecule has 3 aliphatic rings. The summed E-state index contributed by atoms with van der Waals surface area (Å²) in [6.45, 7) is 4.89. The molecule has 2 heterocycles. The fourth-order valence-corrected chi connectivity index (χ4v) is 12.6. The highest BCUT2D eigenvalue weighted by molar-refractivity contribution is 6.21. The minimum Gasteiger partial charge on any atom is -0.317 e. The standard InChI is InChI=1S/C65H48N2/c1-65(2)57-25-13-10-18-47(57)48-35-34-46(40-58(48)65)67-60-27-15-12-20-50(60)56-39-44(31-37-62(56)67)43-30-36-61-55(38-43)49-19-11-14-26-59(49)66(61)45-32-28-42(29-33-45)64-53-23-8-6-21-51(53)63(41-16-4-3-5-17-41)52-22-7-9-24-54(52)64/h3-30,32-36,38-39,58H,31,37,40H2,1-2H3. The Labute approximate surface area is 391 Å². The van der Waals surface area contributed by atoms with Gasteiger partial charge in [0.2, 0.25) is 0 Å². The molecular weight excluding hydrogens is 809 g/mol. The van der Waals surface area contributed by atoms with Crippen LogP contribution in [0.1, 0.15) is 54.6 Å². The van der Waals surface area contributed by atoms with Crippen molar-refractivity contribution >= 4 is 77.2 Å². The number of para-hydroxylation sites is 2. The van der Waals surface area contributed by atoms with E-state index in [0.717, 1.165) is 24.9 Å². The van der Waals surface area contributed by atoms with Gasteiger partial charge < -0.3 is 9.13 Å². The molecular formula is C65H48N2. The molecule has 0 N–H and O–H groups in total. The van der Waals surface area contributed by atoms with Crippen LogP contribution in [0, 0.1) is 5.92 Å². The summed E-state index contributed by atoms with van der Waals surface area (Å²) in [5, 5.41) is 9.00. The van der Waals surface area contributed by atoms with Crippen molar-refractivity contribution in [1.29, 1.82) is 0 Å². The van der Waals surface area contributed by atoms with Crippen molar-refractivity contribution < 1.29 is 0 Å². The van der Waals surface area contributed by atoms with Gasteiger partial charge in [-0.25, -0.2) is 0 Å². The lowest BCUT2D eigenvalue weighted by Crippen LogP contribution is -2.26. The van der Waals surface area contributed by atoms with E-state index in [1.807, 2.05) is 0 Å². The lowest BCUT2D eigenvalue weighted by atomic mass is 9.74. The van der Waals surface area contributed by atoms with Gasteiger partial charge in [0.25, 0.3) is 0 Å². The molecule has 1 atom stereocenters. The van der Waals surface area contributed by atoms with E-state index in [2.05, 4.69) is 235 Å². The molecule has 0 aliphatic heterocycles. The number of rotatable bonds is 5. The van der Waals surface area contributed by atoms with E-state index in [1.165, 1.54) is 121 Å². The smallest absolute Gasteiger partial charge is 0.0541 e. The first-order valence-electron chi connectivity index (χ1n) is 24.0. The van der Waals surface area contributed by atoms with Crippen molar-refractivity contribution in [3.8, 4) is 27.9 Å². The highest BCUT2D eigenvalue weighted by atomic mass is 15.0. The van der Waals surface area contributed by atoms with Crippen LogP contribution in [-0.4, -0.2) is 9.13 Å². The van der Waals surface area contributed by atoms with Crippen molar-refractivity contribution in [2.75, 3.05) is 0 Å². The molecule has 9 aromatic carbocycles. The van der Waals surface area contributed by atoms with Crippen LogP contribution < -0.4 is 0 Å². The third-order valence-electron chi connectivity index (χ3n) is 15.8. The van der Waals surface area contributed by atoms with Gasteiger partial charge in [-0.1, -0.05) is 178 Å². The van der Waals surface area contributed by atoms with E-state index in [9.17, 15) is 0 Å². The third kappa shape index (κ3) is 5.63. The normalized spacial score (nSPS) is 16.3. The zero-order chi connectivity index (χ0) is 44.4. The second kappa shape index (κ2) is 14.5. The van der Waals surface area contributed by atoms with Crippen LogP contribution in [0.15, 0.2) is 206 Å². The minimum atomic E-state index is 0.0871. The maximum atomic E-state index is 2.62. The summed E-state index contributed by atoms with van der Waals surface area (Å²) in [6, 6.07) is 72.2. The summed E-state index contributed by atoms with van der Waals surface area (Å²) in [5.74, 6) is 0.460. The summed E-state index contributed by atoms with van der Waals surface area (Å²) in [4.78, 5) is 0. The third-order valence-corrected chi connectivity index (χ3v) is 15.8. The van der Waals surface area contributed by atoms with Crippen LogP contribution in [0.25, 0.3) is 105 Å². The number of hydrogen-bond donors (Lipinski definition) is 0. The lowest BCUT2D eigenvalue weighted by Gasteiger charge is -2.32. The van der Waals surface area contributed by atoms with Gasteiger partial charge in [0, 0.05) is 38.8 Å². The molecule has 0 amide bonds. The predicted molar refractivity (Wildman–Crippen MR) is 285 cm³/mol. The molecule has 0 spiro atoms. The molecule has 67 heavy (non-hydrogen) atoms. The number of benzene rings is 9. The van der Waals surface area contributed by atoms with Crippen molar-refractivity contribution in [1.82, 2.24) is 9.13 Å². The van der Waals surface area contributed by atoms with E-state index < -0.39 is 0 Å². The Balaban J connectivity index is 0.854. The maximum Gasteiger partial charge on any atom is 0.0541 e. The van der Waals surface area contributed by atoms with Crippen LogP contribution >= 0.6 is 0 Å². The SMILES string of the molecule is CC1(C)c2ccccc2C2=CC=C(n3c4c(c5ccccc53)C=C(c3ccc5c(c3)c3ccccc3n5-c3ccc(-c5c6ccccc6c(-c6ccccc6)c6ccccc56)cc3)CC4)CC21. The first-order chi connectivity index (χ1) is 33.0. The van der Waals surface area contributed by atoms with E-state index in [-0.39, 0.29) is 5.41 Å². The molecule has 3 aliphatic carbocycles. The quantitative estimate of drug-likeness (QED) is 0.153. The molecule has 0 saturated carbocycles. The Kier molecular flexibility index (Phi) is 8.31. The highest BCUT2D eigenvalue weighted by Gasteiger charge is 2.44. The fourth-order valence-electron chi connectivity index (χ4n) is 12.6. The zero-order valence-electron chi connectivity index (χ0n) is 37.8. The van der Waals surface area contributed by atoms with Crippen molar-refractivity contribution in [3.05, 3.63) is 234 Å². The summed E-state index contributed by atoms with van der Waals surface area (Å²) in [7, 11) is 0. The second-order valence-electron chi connectivity index (χ2n) is 19.5. The van der Waals surface area contributed by atoms with Gasteiger partial charge in [-0.15, -0.1) is 0 Å². The van der Waals surface area contributed by atoms with Crippen LogP contribution in [-0.2, 0) is 11.8 Å². The summed E-state index contributed by atoms with van der Waals surface area (Å²) >= 11 is 0. The molecule has 14 rings (SSSR count). The maximum absolute atomic E-state index is 2.62. The number of aromatic nitrogens is 2. The second-order valence-corrected chi connectivity index (χ2v) is 19.5. The van der Waals surface area contributed by atoms with E-state index in [0.29, 0.717) is 5.92 Å². The van der Waals surface area contributed by atoms with Gasteiger partial charge in [0.05, 0.1) is 16.6 Å². The molecule has 1 unspecified atom stereocenters. The van der Waals surface area contributed by atoms with E-state index >= 15 is 0 Å². The largest absolute Gasteiger partial charge is 0.317 e. The van der Waals surface area contributed by atoms with Crippen LogP contribution in [0.5, 0.6) is 0 Å². The minimum absolute atomic E-state index is 0.0871. The Morgan fingerprint density at radius 1 is 0.448 bits per heavy atom. The van der Waals surface area contributed by atoms with Crippen molar-refractivity contribution in [2.45, 2.75) is 38.5 Å². The molecule has 2 aromatic heterocycles. The molecule has 2 heteroatoms. The molecule has 11 aromatic rings. The fraction of sp³-hybridized carbons (Fsp3) is 0.108. The average Bonchev–Trinajstić information content (AvgIpc) is 3.98. The summed E-state index contributed by atoms with van der Waals surface area (Å²) in [5.41, 5.74) is 21.4. The Morgan fingerprint density at radius 3 is 1.70 bits per heavy atom. The Morgan fingerprint density at radius 2 is 1.00 bits per heavy atom. The molecule has 318 valence electrons. The number of hydrogen-bond acceptors (Lipinski definition) is 0. The number of nitrogens with zero attached hydrogens (tertiary/aromatic N) is 2. The van der Waals surface area contributed by atoms with Crippen molar-refractivity contribution in [2.24, 2.45) is 5.92 Å². The van der Waals surface area contributed by atoms with Gasteiger partial charge in [0.1, 0.15) is 0 Å². The van der Waals surface area contributed by atoms with Crippen LogP contribution in [0.3, 0.4) is 0 Å². The van der Waals surface area contributed by atoms with E-state index in [4.69, 9.17) is 0 Å². The number of allylic oxidation sites excluding steroid dienone is 5. The van der Waals surface area contributed by atoms with Gasteiger partial charge in [0.15, 0.2) is 0 Å². The highest BCUT2D eigenvalue weighted by Crippen LogP contribution is 2.55. The van der Waals surface area contributed by atoms with Gasteiger partial charge in [-0.2, -0.15) is 0 Å². The topological polar surface area (TPSA) is 9.86 Å². The predicted octanol–water partition coefficient (Wildman–Crippen LogP) is 17.1. The first kappa shape index (κ1) is 38.3. The summed E-state index contributed by atoms with van der Waals surface area (Å²) in [6.07, 6.45) is 10.4. The lowest BCUT2D eigenvalue weighted by molar-refractivity contribution is 0.415. The Bertz CT molecular complexity index is 3900. The van der Waals surface area contributed by atoms with Crippen molar-refractivity contribution in [3.63, 3.8) is 0 Å². The molecule has 2 nitrogen and oxygen atoms in total.